The number of carbonyl (C=O) groups is 1. The average molecular weight is 215 g/mol. The van der Waals surface area contributed by atoms with Crippen LogP contribution in [0.15, 0.2) is 31.0 Å². The van der Waals surface area contributed by atoms with Gasteiger partial charge in [0.2, 0.25) is 0 Å². The van der Waals surface area contributed by atoms with E-state index in [9.17, 15) is 4.79 Å². The third kappa shape index (κ3) is 2.17. The highest BCUT2D eigenvalue weighted by Gasteiger charge is 2.10. The summed E-state index contributed by atoms with van der Waals surface area (Å²) in [6.07, 6.45) is 6.83. The van der Waals surface area contributed by atoms with Gasteiger partial charge >= 0.3 is 0 Å². The number of carbonyl (C=O) groups excluding carboxylic acids is 1. The lowest BCUT2D eigenvalue weighted by Crippen LogP contribution is -2.16. The summed E-state index contributed by atoms with van der Waals surface area (Å²) in [6, 6.07) is 1.71. The molecule has 0 unspecified atom stereocenters. The minimum absolute atomic E-state index is 0.186. The van der Waals surface area contributed by atoms with E-state index < -0.39 is 5.91 Å². The number of hydrogen-bond donors (Lipinski definition) is 1. The molecule has 0 saturated carbocycles. The topological polar surface area (TPSA) is 94.7 Å². The lowest BCUT2D eigenvalue weighted by molar-refractivity contribution is 0.0993. The molecule has 0 spiro atoms. The first-order valence-corrected chi connectivity index (χ1v) is 4.61. The van der Waals surface area contributed by atoms with Crippen LogP contribution in [0.4, 0.5) is 0 Å². The highest BCUT2D eigenvalue weighted by Crippen LogP contribution is 2.09. The summed E-state index contributed by atoms with van der Waals surface area (Å²) in [4.78, 5) is 18.9. The highest BCUT2D eigenvalue weighted by atomic mass is 16.1. The Morgan fingerprint density at radius 2 is 2.06 bits per heavy atom. The van der Waals surface area contributed by atoms with Gasteiger partial charge in [0.05, 0.1) is 0 Å². The molecular weight excluding hydrogens is 206 g/mol. The molecule has 0 radical (unpaired) electrons. The fraction of sp³-hybridized carbons (Fsp3) is 0.100. The van der Waals surface area contributed by atoms with E-state index >= 15 is 0 Å². The summed E-state index contributed by atoms with van der Waals surface area (Å²) in [7, 11) is 0. The Hall–Kier alpha value is -2.37. The van der Waals surface area contributed by atoms with Crippen molar-refractivity contribution in [3.05, 3.63) is 47.8 Å². The van der Waals surface area contributed by atoms with Crippen LogP contribution in [-0.2, 0) is 6.42 Å². The smallest absolute Gasteiger partial charge is 0.269 e. The summed E-state index contributed by atoms with van der Waals surface area (Å²) in [5, 5.41) is 7.34. The fourth-order valence-electron chi connectivity index (χ4n) is 1.35. The highest BCUT2D eigenvalue weighted by molar-refractivity contribution is 5.92. The van der Waals surface area contributed by atoms with Gasteiger partial charge in [0.1, 0.15) is 6.33 Å². The number of nitrogens with two attached hydrogens (primary N) is 1. The second-order valence-electron chi connectivity index (χ2n) is 3.19. The van der Waals surface area contributed by atoms with Crippen LogP contribution in [-0.4, -0.2) is 26.1 Å². The van der Waals surface area contributed by atoms with Gasteiger partial charge in [-0.05, 0) is 17.2 Å². The number of aromatic nitrogens is 4. The van der Waals surface area contributed by atoms with E-state index in [1.807, 2.05) is 0 Å². The minimum Gasteiger partial charge on any atom is -0.364 e. The first kappa shape index (κ1) is 10.2. The predicted molar refractivity (Wildman–Crippen MR) is 55.4 cm³/mol. The monoisotopic (exact) mass is 215 g/mol. The van der Waals surface area contributed by atoms with Gasteiger partial charge in [0.15, 0.2) is 5.69 Å². The van der Waals surface area contributed by atoms with E-state index in [0.717, 1.165) is 11.1 Å². The van der Waals surface area contributed by atoms with Crippen molar-refractivity contribution < 1.29 is 4.79 Å². The van der Waals surface area contributed by atoms with Crippen molar-refractivity contribution in [3.8, 4) is 0 Å². The standard InChI is InChI=1S/C10H9N5O/c11-10(16)9-8(1-2-14-15-9)3-7-4-12-6-13-5-7/h1-2,4-6H,3H2,(H2,11,16). The first-order chi connectivity index (χ1) is 7.77. The summed E-state index contributed by atoms with van der Waals surface area (Å²) >= 11 is 0. The van der Waals surface area contributed by atoms with Gasteiger partial charge < -0.3 is 5.73 Å². The molecule has 2 heterocycles. The Morgan fingerprint density at radius 3 is 2.75 bits per heavy atom. The van der Waals surface area contributed by atoms with Crippen LogP contribution in [0.3, 0.4) is 0 Å². The molecule has 16 heavy (non-hydrogen) atoms. The molecule has 0 atom stereocenters. The Bertz CT molecular complexity index is 500. The normalized spacial score (nSPS) is 10.0. The summed E-state index contributed by atoms with van der Waals surface area (Å²) in [5.41, 5.74) is 6.99. The Kier molecular flexibility index (Phi) is 2.81. The van der Waals surface area contributed by atoms with Crippen LogP contribution in [0.2, 0.25) is 0 Å². The molecule has 0 bridgehead atoms. The van der Waals surface area contributed by atoms with Crippen molar-refractivity contribution in [3.63, 3.8) is 0 Å². The number of amides is 1. The van der Waals surface area contributed by atoms with Gasteiger partial charge in [-0.3, -0.25) is 4.79 Å². The number of nitrogens with zero attached hydrogens (tertiary/aromatic N) is 4. The van der Waals surface area contributed by atoms with Crippen molar-refractivity contribution in [1.82, 2.24) is 20.2 Å². The van der Waals surface area contributed by atoms with Gasteiger partial charge in [-0.2, -0.15) is 5.10 Å². The average Bonchev–Trinajstić information content (AvgIpc) is 2.31. The van der Waals surface area contributed by atoms with Gasteiger partial charge in [-0.15, -0.1) is 5.10 Å². The molecule has 0 aliphatic carbocycles. The maximum absolute atomic E-state index is 11.1. The summed E-state index contributed by atoms with van der Waals surface area (Å²) in [5.74, 6) is -0.583. The third-order valence-corrected chi connectivity index (χ3v) is 2.05. The lowest BCUT2D eigenvalue weighted by Gasteiger charge is -2.03. The van der Waals surface area contributed by atoms with Crippen LogP contribution in [0, 0.1) is 0 Å². The Labute approximate surface area is 91.6 Å². The van der Waals surface area contributed by atoms with Crippen molar-refractivity contribution >= 4 is 5.91 Å². The largest absolute Gasteiger partial charge is 0.364 e. The Balaban J connectivity index is 2.31. The molecule has 6 nitrogen and oxygen atoms in total. The zero-order valence-corrected chi connectivity index (χ0v) is 8.37. The van der Waals surface area contributed by atoms with E-state index in [4.69, 9.17) is 5.73 Å². The van der Waals surface area contributed by atoms with E-state index in [1.54, 1.807) is 18.5 Å². The molecule has 6 heteroatoms. The van der Waals surface area contributed by atoms with Crippen molar-refractivity contribution in [2.75, 3.05) is 0 Å². The molecule has 0 saturated heterocycles. The molecule has 0 aliphatic rings. The van der Waals surface area contributed by atoms with E-state index in [0.29, 0.717) is 6.42 Å². The SMILES string of the molecule is NC(=O)c1nnccc1Cc1cncnc1. The van der Waals surface area contributed by atoms with Crippen molar-refractivity contribution in [1.29, 1.82) is 0 Å². The van der Waals surface area contributed by atoms with Crippen LogP contribution < -0.4 is 5.73 Å². The Morgan fingerprint density at radius 1 is 1.31 bits per heavy atom. The predicted octanol–water partition coefficient (Wildman–Crippen LogP) is -0.0437. The lowest BCUT2D eigenvalue weighted by atomic mass is 10.1. The number of hydrogen-bond acceptors (Lipinski definition) is 5. The van der Waals surface area contributed by atoms with Crippen molar-refractivity contribution in [2.24, 2.45) is 5.73 Å². The maximum Gasteiger partial charge on any atom is 0.269 e. The van der Waals surface area contributed by atoms with Crippen LogP contribution in [0.25, 0.3) is 0 Å². The third-order valence-electron chi connectivity index (χ3n) is 2.05. The van der Waals surface area contributed by atoms with Gasteiger partial charge in [-0.25, -0.2) is 9.97 Å². The molecule has 0 aromatic carbocycles. The molecule has 80 valence electrons. The van der Waals surface area contributed by atoms with Crippen LogP contribution in [0.5, 0.6) is 0 Å². The van der Waals surface area contributed by atoms with Gasteiger partial charge in [0, 0.05) is 25.0 Å². The molecule has 0 fully saturated rings. The second-order valence-corrected chi connectivity index (χ2v) is 3.19. The zero-order valence-electron chi connectivity index (χ0n) is 8.37. The molecule has 1 amide bonds. The number of rotatable bonds is 3. The second kappa shape index (κ2) is 4.43. The molecule has 2 aromatic heterocycles. The molecule has 2 N–H and O–H groups in total. The molecular formula is C10H9N5O. The molecule has 2 rings (SSSR count). The summed E-state index contributed by atoms with van der Waals surface area (Å²) < 4.78 is 0. The first-order valence-electron chi connectivity index (χ1n) is 4.61. The summed E-state index contributed by atoms with van der Waals surface area (Å²) in [6.45, 7) is 0. The van der Waals surface area contributed by atoms with Gasteiger partial charge in [0.25, 0.3) is 5.91 Å². The minimum atomic E-state index is -0.583. The fourth-order valence-corrected chi connectivity index (χ4v) is 1.35. The van der Waals surface area contributed by atoms with Crippen LogP contribution in [0.1, 0.15) is 21.6 Å². The van der Waals surface area contributed by atoms with Crippen LogP contribution >= 0.6 is 0 Å². The van der Waals surface area contributed by atoms with E-state index in [2.05, 4.69) is 20.2 Å². The number of primary amides is 1. The van der Waals surface area contributed by atoms with E-state index in [1.165, 1.54) is 12.5 Å². The maximum atomic E-state index is 11.1. The zero-order chi connectivity index (χ0) is 11.4. The quantitative estimate of drug-likeness (QED) is 0.774. The van der Waals surface area contributed by atoms with E-state index in [-0.39, 0.29) is 5.69 Å². The molecule has 0 aliphatic heterocycles. The van der Waals surface area contributed by atoms with Gasteiger partial charge in [-0.1, -0.05) is 0 Å². The van der Waals surface area contributed by atoms with Crippen molar-refractivity contribution in [2.45, 2.75) is 6.42 Å². The molecule has 2 aromatic rings.